The van der Waals surface area contributed by atoms with Gasteiger partial charge in [0, 0.05) is 25.2 Å². The summed E-state index contributed by atoms with van der Waals surface area (Å²) in [5.74, 6) is 1.77. The predicted octanol–water partition coefficient (Wildman–Crippen LogP) is 2.90. The van der Waals surface area contributed by atoms with Crippen molar-refractivity contribution in [3.63, 3.8) is 0 Å². The summed E-state index contributed by atoms with van der Waals surface area (Å²) >= 11 is 0. The van der Waals surface area contributed by atoms with E-state index in [0.29, 0.717) is 6.54 Å². The van der Waals surface area contributed by atoms with E-state index in [-0.39, 0.29) is 24.0 Å². The highest BCUT2D eigenvalue weighted by Crippen LogP contribution is 2.01. The second-order valence-electron chi connectivity index (χ2n) is 4.72. The molecular weight excluding hydrogens is 391 g/mol. The van der Waals surface area contributed by atoms with Crippen LogP contribution in [-0.2, 0) is 13.0 Å². The molecule has 6 heteroatoms. The molecule has 2 aromatic heterocycles. The van der Waals surface area contributed by atoms with Crippen molar-refractivity contribution in [3.8, 4) is 0 Å². The summed E-state index contributed by atoms with van der Waals surface area (Å²) in [4.78, 5) is 8.99. The Morgan fingerprint density at radius 2 is 2.09 bits per heavy atom. The third kappa shape index (κ3) is 6.46. The van der Waals surface area contributed by atoms with E-state index in [9.17, 15) is 0 Å². The highest BCUT2D eigenvalue weighted by molar-refractivity contribution is 14.0. The van der Waals surface area contributed by atoms with Crippen LogP contribution in [0.4, 0.5) is 0 Å². The van der Waals surface area contributed by atoms with Crippen molar-refractivity contribution < 1.29 is 4.42 Å². The SMILES string of the molecule is CCNC(=NCc1cccc(C)n1)NCCc1ccco1.I. The van der Waals surface area contributed by atoms with Gasteiger partial charge in [-0.25, -0.2) is 4.99 Å². The van der Waals surface area contributed by atoms with Gasteiger partial charge in [-0.2, -0.15) is 0 Å². The maximum Gasteiger partial charge on any atom is 0.191 e. The number of nitrogens with one attached hydrogen (secondary N) is 2. The van der Waals surface area contributed by atoms with Crippen LogP contribution in [0.15, 0.2) is 46.0 Å². The van der Waals surface area contributed by atoms with Gasteiger partial charge in [0.15, 0.2) is 5.96 Å². The van der Waals surface area contributed by atoms with Crippen molar-refractivity contribution in [1.82, 2.24) is 15.6 Å². The summed E-state index contributed by atoms with van der Waals surface area (Å²) in [5, 5.41) is 6.52. The summed E-state index contributed by atoms with van der Waals surface area (Å²) in [6.07, 6.45) is 2.53. The molecule has 2 heterocycles. The standard InChI is InChI=1S/C16H22N4O.HI/c1-3-17-16(18-10-9-15-8-5-11-21-15)19-12-14-7-4-6-13(2)20-14;/h4-8,11H,3,9-10,12H2,1-2H3,(H2,17,18,19);1H. The minimum atomic E-state index is 0. The average molecular weight is 414 g/mol. The Morgan fingerprint density at radius 1 is 1.23 bits per heavy atom. The van der Waals surface area contributed by atoms with Gasteiger partial charge in [0.05, 0.1) is 18.5 Å². The molecule has 0 aliphatic rings. The highest BCUT2D eigenvalue weighted by Gasteiger charge is 2.00. The summed E-state index contributed by atoms with van der Waals surface area (Å²) in [7, 11) is 0. The first-order chi connectivity index (χ1) is 10.3. The molecule has 0 unspecified atom stereocenters. The molecule has 22 heavy (non-hydrogen) atoms. The maximum absolute atomic E-state index is 5.31. The molecule has 0 aliphatic carbocycles. The summed E-state index contributed by atoms with van der Waals surface area (Å²) in [6.45, 7) is 6.21. The van der Waals surface area contributed by atoms with Gasteiger partial charge >= 0.3 is 0 Å². The van der Waals surface area contributed by atoms with Crippen LogP contribution in [0.1, 0.15) is 24.1 Å². The molecule has 2 aromatic rings. The molecule has 0 atom stereocenters. The zero-order valence-electron chi connectivity index (χ0n) is 13.0. The quantitative estimate of drug-likeness (QED) is 0.434. The van der Waals surface area contributed by atoms with Crippen LogP contribution in [0.5, 0.6) is 0 Å². The Hall–Kier alpha value is -1.57. The molecule has 5 nitrogen and oxygen atoms in total. The second kappa shape index (κ2) is 10.2. The number of aromatic nitrogens is 1. The van der Waals surface area contributed by atoms with E-state index in [1.54, 1.807) is 6.26 Å². The van der Waals surface area contributed by atoms with E-state index < -0.39 is 0 Å². The zero-order valence-corrected chi connectivity index (χ0v) is 15.3. The van der Waals surface area contributed by atoms with E-state index in [2.05, 4.69) is 27.5 Å². The fourth-order valence-corrected chi connectivity index (χ4v) is 1.95. The number of halogens is 1. The summed E-state index contributed by atoms with van der Waals surface area (Å²) < 4.78 is 5.31. The minimum Gasteiger partial charge on any atom is -0.469 e. The van der Waals surface area contributed by atoms with Crippen LogP contribution in [-0.4, -0.2) is 24.0 Å². The zero-order chi connectivity index (χ0) is 14.9. The smallest absolute Gasteiger partial charge is 0.191 e. The number of pyridine rings is 1. The lowest BCUT2D eigenvalue weighted by molar-refractivity contribution is 0.507. The van der Waals surface area contributed by atoms with Crippen molar-refractivity contribution in [2.75, 3.05) is 13.1 Å². The number of hydrogen-bond acceptors (Lipinski definition) is 3. The largest absolute Gasteiger partial charge is 0.469 e. The number of hydrogen-bond donors (Lipinski definition) is 2. The van der Waals surface area contributed by atoms with Gasteiger partial charge in [0.1, 0.15) is 5.76 Å². The molecule has 0 amide bonds. The van der Waals surface area contributed by atoms with Gasteiger partial charge in [-0.1, -0.05) is 6.07 Å². The van der Waals surface area contributed by atoms with Gasteiger partial charge in [-0.05, 0) is 38.1 Å². The van der Waals surface area contributed by atoms with E-state index in [1.165, 1.54) is 0 Å². The van der Waals surface area contributed by atoms with Crippen molar-refractivity contribution in [3.05, 3.63) is 53.7 Å². The predicted molar refractivity (Wildman–Crippen MR) is 99.6 cm³/mol. The summed E-state index contributed by atoms with van der Waals surface area (Å²) in [6, 6.07) is 9.85. The van der Waals surface area contributed by atoms with Crippen LogP contribution < -0.4 is 10.6 Å². The number of guanidine groups is 1. The number of aliphatic imine (C=N–C) groups is 1. The molecule has 2 rings (SSSR count). The Bertz CT molecular complexity index is 569. The fourth-order valence-electron chi connectivity index (χ4n) is 1.95. The van der Waals surface area contributed by atoms with Crippen LogP contribution in [0, 0.1) is 6.92 Å². The summed E-state index contributed by atoms with van der Waals surface area (Å²) in [5.41, 5.74) is 1.98. The van der Waals surface area contributed by atoms with E-state index in [0.717, 1.165) is 42.6 Å². The topological polar surface area (TPSA) is 62.5 Å². The lowest BCUT2D eigenvalue weighted by Crippen LogP contribution is -2.38. The number of furan rings is 1. The molecule has 0 fully saturated rings. The van der Waals surface area contributed by atoms with Crippen LogP contribution in [0.2, 0.25) is 0 Å². The molecule has 0 saturated carbocycles. The molecular formula is C16H23IN4O. The lowest BCUT2D eigenvalue weighted by atomic mass is 10.3. The molecule has 120 valence electrons. The highest BCUT2D eigenvalue weighted by atomic mass is 127. The minimum absolute atomic E-state index is 0. The maximum atomic E-state index is 5.31. The Morgan fingerprint density at radius 3 is 2.77 bits per heavy atom. The van der Waals surface area contributed by atoms with Gasteiger partial charge in [-0.15, -0.1) is 24.0 Å². The number of nitrogens with zero attached hydrogens (tertiary/aromatic N) is 2. The third-order valence-corrected chi connectivity index (χ3v) is 2.93. The Balaban J connectivity index is 0.00000242. The molecule has 0 saturated heterocycles. The average Bonchev–Trinajstić information content (AvgIpc) is 2.98. The molecule has 0 aliphatic heterocycles. The first kappa shape index (κ1) is 18.5. The third-order valence-electron chi connectivity index (χ3n) is 2.93. The Kier molecular flexibility index (Phi) is 8.57. The van der Waals surface area contributed by atoms with Gasteiger partial charge < -0.3 is 15.1 Å². The second-order valence-corrected chi connectivity index (χ2v) is 4.72. The molecule has 2 N–H and O–H groups in total. The molecule has 0 radical (unpaired) electrons. The van der Waals surface area contributed by atoms with Crippen LogP contribution >= 0.6 is 24.0 Å². The number of aryl methyl sites for hydroxylation is 1. The van der Waals surface area contributed by atoms with E-state index >= 15 is 0 Å². The van der Waals surface area contributed by atoms with Crippen molar-refractivity contribution >= 4 is 29.9 Å². The number of rotatable bonds is 6. The molecule has 0 bridgehead atoms. The van der Waals surface area contributed by atoms with Crippen LogP contribution in [0.25, 0.3) is 0 Å². The molecule has 0 spiro atoms. The van der Waals surface area contributed by atoms with Gasteiger partial charge in [-0.3, -0.25) is 4.98 Å². The first-order valence-corrected chi connectivity index (χ1v) is 7.25. The monoisotopic (exact) mass is 414 g/mol. The van der Waals surface area contributed by atoms with Crippen molar-refractivity contribution in [1.29, 1.82) is 0 Å². The fraction of sp³-hybridized carbons (Fsp3) is 0.375. The Labute approximate surface area is 148 Å². The van der Waals surface area contributed by atoms with E-state index in [4.69, 9.17) is 4.42 Å². The molecule has 0 aromatic carbocycles. The lowest BCUT2D eigenvalue weighted by Gasteiger charge is -2.10. The van der Waals surface area contributed by atoms with Crippen LogP contribution in [0.3, 0.4) is 0 Å². The van der Waals surface area contributed by atoms with Gasteiger partial charge in [0.25, 0.3) is 0 Å². The van der Waals surface area contributed by atoms with Gasteiger partial charge in [0.2, 0.25) is 0 Å². The van der Waals surface area contributed by atoms with Crippen molar-refractivity contribution in [2.45, 2.75) is 26.8 Å². The normalized spacial score (nSPS) is 10.9. The van der Waals surface area contributed by atoms with E-state index in [1.807, 2.05) is 37.3 Å². The first-order valence-electron chi connectivity index (χ1n) is 7.25. The van der Waals surface area contributed by atoms with Crippen molar-refractivity contribution in [2.24, 2.45) is 4.99 Å².